The van der Waals surface area contributed by atoms with Crippen LogP contribution in [0.1, 0.15) is 31.1 Å². The normalized spacial score (nSPS) is 11.7. The first-order valence-corrected chi connectivity index (χ1v) is 6.31. The summed E-state index contributed by atoms with van der Waals surface area (Å²) in [6, 6.07) is 3.21. The largest absolute Gasteiger partial charge is 1.00 e. The van der Waals surface area contributed by atoms with Crippen LogP contribution >= 0.6 is 22.6 Å². The Hall–Kier alpha value is 0.911. The molecule has 0 saturated heterocycles. The van der Waals surface area contributed by atoms with Gasteiger partial charge in [0.2, 0.25) is 0 Å². The number of hydrogen-bond acceptors (Lipinski definition) is 2. The van der Waals surface area contributed by atoms with Crippen molar-refractivity contribution in [1.82, 2.24) is 0 Å². The van der Waals surface area contributed by atoms with Crippen molar-refractivity contribution < 1.29 is 73.9 Å². The Labute approximate surface area is 166 Å². The summed E-state index contributed by atoms with van der Waals surface area (Å²) in [5.41, 5.74) is -1.60. The Kier molecular flexibility index (Phi) is 7.61. The molecule has 8 heteroatoms. The van der Waals surface area contributed by atoms with E-state index in [0.717, 1.165) is 12.1 Å². The first-order valence-electron chi connectivity index (χ1n) is 5.23. The van der Waals surface area contributed by atoms with E-state index in [1.807, 2.05) is 0 Å². The SMILES string of the molecule is CC(C)(C)OC(=O)c1cc(I)cc([B-](F)(F)F)c1.[K+]. The zero-order valence-electron chi connectivity index (χ0n) is 11.1. The average Bonchev–Trinajstić information content (AvgIpc) is 2.12. The number of esters is 1. The van der Waals surface area contributed by atoms with E-state index in [4.69, 9.17) is 4.74 Å². The summed E-state index contributed by atoms with van der Waals surface area (Å²) in [7, 11) is 0. The van der Waals surface area contributed by atoms with E-state index in [0.29, 0.717) is 3.57 Å². The Morgan fingerprint density at radius 3 is 2.16 bits per heavy atom. The summed E-state index contributed by atoms with van der Waals surface area (Å²) in [5.74, 6) is -0.748. The van der Waals surface area contributed by atoms with Gasteiger partial charge in [0, 0.05) is 3.57 Å². The van der Waals surface area contributed by atoms with Crippen LogP contribution in [0.3, 0.4) is 0 Å². The summed E-state index contributed by atoms with van der Waals surface area (Å²) in [6.07, 6.45) is 0. The first-order chi connectivity index (χ1) is 7.99. The fraction of sp³-hybridized carbons (Fsp3) is 0.364. The van der Waals surface area contributed by atoms with Gasteiger partial charge in [-0.1, -0.05) is 12.1 Å². The number of rotatable bonds is 2. The van der Waals surface area contributed by atoms with Crippen molar-refractivity contribution >= 4 is 41.0 Å². The van der Waals surface area contributed by atoms with Gasteiger partial charge >= 0.3 is 64.3 Å². The van der Waals surface area contributed by atoms with Crippen LogP contribution in [-0.2, 0) is 4.74 Å². The van der Waals surface area contributed by atoms with Crippen LogP contribution < -0.4 is 56.8 Å². The fourth-order valence-electron chi connectivity index (χ4n) is 1.26. The van der Waals surface area contributed by atoms with E-state index < -0.39 is 24.0 Å². The minimum Gasteiger partial charge on any atom is -0.456 e. The number of benzene rings is 1. The molecule has 0 aromatic heterocycles. The van der Waals surface area contributed by atoms with Gasteiger partial charge in [-0.15, -0.1) is 5.46 Å². The molecule has 0 N–H and O–H groups in total. The van der Waals surface area contributed by atoms with Crippen molar-refractivity contribution in [2.24, 2.45) is 0 Å². The van der Waals surface area contributed by atoms with Crippen molar-refractivity contribution in [3.8, 4) is 0 Å². The summed E-state index contributed by atoms with van der Waals surface area (Å²) < 4.78 is 43.4. The molecule has 0 saturated carbocycles. The van der Waals surface area contributed by atoms with Crippen molar-refractivity contribution in [1.29, 1.82) is 0 Å². The zero-order valence-corrected chi connectivity index (χ0v) is 16.4. The number of carbonyl (C=O) groups is 1. The molecule has 1 rings (SSSR count). The molecule has 0 spiro atoms. The number of ether oxygens (including phenoxy) is 1. The average molecular weight is 410 g/mol. The minimum atomic E-state index is -5.12. The van der Waals surface area contributed by atoms with Crippen LogP contribution in [0, 0.1) is 3.57 Å². The van der Waals surface area contributed by atoms with Crippen molar-refractivity contribution in [3.05, 3.63) is 27.3 Å². The third kappa shape index (κ3) is 6.94. The first kappa shape index (κ1) is 19.9. The number of halogens is 4. The molecule has 0 aliphatic heterocycles. The van der Waals surface area contributed by atoms with Gasteiger partial charge in [0.1, 0.15) is 5.60 Å². The van der Waals surface area contributed by atoms with Gasteiger partial charge in [0.25, 0.3) is 0 Å². The van der Waals surface area contributed by atoms with Crippen molar-refractivity contribution in [3.63, 3.8) is 0 Å². The second-order valence-corrected chi connectivity index (χ2v) is 6.10. The maximum atomic E-state index is 12.7. The molecule has 0 heterocycles. The van der Waals surface area contributed by atoms with Gasteiger partial charge in [-0.25, -0.2) is 4.79 Å². The second kappa shape index (κ2) is 7.26. The van der Waals surface area contributed by atoms with Crippen LogP contribution in [0.2, 0.25) is 0 Å². The van der Waals surface area contributed by atoms with Gasteiger partial charge in [-0.05, 0) is 49.4 Å². The van der Waals surface area contributed by atoms with E-state index in [9.17, 15) is 17.7 Å². The predicted molar refractivity (Wildman–Crippen MR) is 73.0 cm³/mol. The van der Waals surface area contributed by atoms with Crippen LogP contribution in [0.5, 0.6) is 0 Å². The number of carbonyl (C=O) groups excluding carboxylic acids is 1. The second-order valence-electron chi connectivity index (χ2n) is 4.85. The molecular weight excluding hydrogens is 398 g/mol. The molecule has 0 bridgehead atoms. The van der Waals surface area contributed by atoms with Gasteiger partial charge in [-0.2, -0.15) is 0 Å². The molecule has 0 aliphatic rings. The van der Waals surface area contributed by atoms with Gasteiger partial charge in [0.15, 0.2) is 0 Å². The molecule has 0 atom stereocenters. The zero-order chi connectivity index (χ0) is 14.1. The summed E-state index contributed by atoms with van der Waals surface area (Å²) in [4.78, 5) is 11.7. The maximum absolute atomic E-state index is 12.7. The maximum Gasteiger partial charge on any atom is 1.00 e. The standard InChI is InChI=1S/C11H12BF3IO2.K/c1-11(2,3)18-10(17)7-4-8(12(13,14)15)6-9(16)5-7;/h4-6H,1-3H3;/q-1;+1. The molecule has 2 nitrogen and oxygen atoms in total. The summed E-state index contributed by atoms with van der Waals surface area (Å²) in [5, 5.41) is 0. The van der Waals surface area contributed by atoms with E-state index in [1.54, 1.807) is 43.4 Å². The van der Waals surface area contributed by atoms with E-state index in [-0.39, 0.29) is 56.9 Å². The van der Waals surface area contributed by atoms with E-state index in [2.05, 4.69) is 0 Å². The topological polar surface area (TPSA) is 26.3 Å². The Morgan fingerprint density at radius 2 is 1.74 bits per heavy atom. The van der Waals surface area contributed by atoms with Gasteiger partial charge < -0.3 is 17.7 Å². The fourth-order valence-corrected chi connectivity index (χ4v) is 1.95. The Bertz CT molecular complexity index is 472. The monoisotopic (exact) mass is 410 g/mol. The Balaban J connectivity index is 0.00000324. The van der Waals surface area contributed by atoms with Crippen LogP contribution in [0.15, 0.2) is 18.2 Å². The molecule has 100 valence electrons. The van der Waals surface area contributed by atoms with Crippen LogP contribution in [0.25, 0.3) is 0 Å². The molecule has 0 unspecified atom stereocenters. The molecule has 0 amide bonds. The van der Waals surface area contributed by atoms with E-state index in [1.165, 1.54) is 6.07 Å². The molecule has 1 aromatic rings. The molecule has 1 aromatic carbocycles. The van der Waals surface area contributed by atoms with Crippen molar-refractivity contribution in [2.75, 3.05) is 0 Å². The molecule has 0 fully saturated rings. The van der Waals surface area contributed by atoms with E-state index >= 15 is 0 Å². The number of hydrogen-bond donors (Lipinski definition) is 0. The van der Waals surface area contributed by atoms with Crippen LogP contribution in [-0.4, -0.2) is 18.5 Å². The summed E-state index contributed by atoms with van der Waals surface area (Å²) in [6.45, 7) is -0.141. The van der Waals surface area contributed by atoms with Crippen LogP contribution in [0.4, 0.5) is 12.9 Å². The Morgan fingerprint density at radius 1 is 1.21 bits per heavy atom. The smallest absolute Gasteiger partial charge is 0.456 e. The molecule has 19 heavy (non-hydrogen) atoms. The predicted octanol–water partition coefficient (Wildman–Crippen LogP) is 0.305. The van der Waals surface area contributed by atoms with Gasteiger partial charge in [-0.3, -0.25) is 0 Å². The molecular formula is C11H12BF3IKO2. The third-order valence-corrected chi connectivity index (χ3v) is 2.56. The van der Waals surface area contributed by atoms with Crippen molar-refractivity contribution in [2.45, 2.75) is 26.4 Å². The third-order valence-electron chi connectivity index (χ3n) is 1.93. The minimum absolute atomic E-state index is 0. The van der Waals surface area contributed by atoms with Gasteiger partial charge in [0.05, 0.1) is 5.56 Å². The molecule has 0 aliphatic carbocycles. The molecule has 0 radical (unpaired) electrons. The quantitative estimate of drug-likeness (QED) is 0.399. The summed E-state index contributed by atoms with van der Waals surface area (Å²) >= 11 is 1.74.